The van der Waals surface area contributed by atoms with E-state index in [4.69, 9.17) is 4.42 Å². The van der Waals surface area contributed by atoms with E-state index in [0.717, 1.165) is 0 Å². The van der Waals surface area contributed by atoms with Crippen LogP contribution in [0.3, 0.4) is 0 Å². The lowest BCUT2D eigenvalue weighted by atomic mass is 10.2. The number of ketones is 1. The highest BCUT2D eigenvalue weighted by atomic mass is 16.3. The Labute approximate surface area is 97.1 Å². The van der Waals surface area contributed by atoms with Crippen molar-refractivity contribution in [2.75, 3.05) is 0 Å². The Kier molecular flexibility index (Phi) is 2.91. The molecule has 2 aromatic rings. The van der Waals surface area contributed by atoms with E-state index in [9.17, 15) is 14.7 Å². The number of phenolic OH excluding ortho intramolecular Hbond substituents is 1. The van der Waals surface area contributed by atoms with E-state index >= 15 is 0 Å². The number of rotatable bonds is 4. The fourth-order valence-corrected chi connectivity index (χ4v) is 1.56. The van der Waals surface area contributed by atoms with Gasteiger partial charge in [0.05, 0.1) is 5.56 Å². The minimum atomic E-state index is -0.126. The Hall–Kier alpha value is -2.17. The summed E-state index contributed by atoms with van der Waals surface area (Å²) < 4.78 is 5.38. The van der Waals surface area contributed by atoms with E-state index < -0.39 is 0 Å². The van der Waals surface area contributed by atoms with Crippen LogP contribution in [0, 0.1) is 0 Å². The molecule has 0 aliphatic carbocycles. The molecule has 1 aromatic carbocycles. The van der Waals surface area contributed by atoms with Crippen LogP contribution in [0.25, 0.3) is 11.1 Å². The normalized spacial score (nSPS) is 10.6. The van der Waals surface area contributed by atoms with Crippen molar-refractivity contribution in [1.82, 2.24) is 4.98 Å². The van der Waals surface area contributed by atoms with E-state index in [-0.39, 0.29) is 17.1 Å². The summed E-state index contributed by atoms with van der Waals surface area (Å²) in [6.45, 7) is 1.49. The highest BCUT2D eigenvalue weighted by Crippen LogP contribution is 2.26. The zero-order valence-electron chi connectivity index (χ0n) is 9.27. The maximum atomic E-state index is 10.8. The summed E-state index contributed by atoms with van der Waals surface area (Å²) in [7, 11) is 0. The number of nitrogens with zero attached hydrogens (tertiary/aromatic N) is 1. The minimum absolute atomic E-state index is 0.0470. The first-order valence-corrected chi connectivity index (χ1v) is 5.18. The Morgan fingerprint density at radius 2 is 2.29 bits per heavy atom. The molecule has 0 bridgehead atoms. The zero-order valence-corrected chi connectivity index (χ0v) is 9.27. The van der Waals surface area contributed by atoms with Crippen molar-refractivity contribution in [3.05, 3.63) is 23.6 Å². The van der Waals surface area contributed by atoms with Gasteiger partial charge in [-0.15, -0.1) is 0 Å². The third-order valence-electron chi connectivity index (χ3n) is 2.43. The maximum absolute atomic E-state index is 10.8. The van der Waals surface area contributed by atoms with E-state index in [0.29, 0.717) is 36.1 Å². The van der Waals surface area contributed by atoms with Gasteiger partial charge in [0.25, 0.3) is 0 Å². The molecule has 0 unspecified atom stereocenters. The number of benzene rings is 1. The molecule has 1 heterocycles. The summed E-state index contributed by atoms with van der Waals surface area (Å²) in [4.78, 5) is 25.8. The largest absolute Gasteiger partial charge is 0.507 e. The lowest BCUT2D eigenvalue weighted by molar-refractivity contribution is -0.117. The molecule has 1 aromatic heterocycles. The quantitative estimate of drug-likeness (QED) is 0.815. The first kappa shape index (κ1) is 11.3. The summed E-state index contributed by atoms with van der Waals surface area (Å²) in [5.41, 5.74) is 0.877. The molecule has 0 aliphatic rings. The van der Waals surface area contributed by atoms with Gasteiger partial charge in [0.15, 0.2) is 17.8 Å². The Bertz CT molecular complexity index is 585. The molecule has 2 rings (SSSR count). The van der Waals surface area contributed by atoms with Crippen molar-refractivity contribution in [3.8, 4) is 5.75 Å². The van der Waals surface area contributed by atoms with Gasteiger partial charge in [-0.25, -0.2) is 4.98 Å². The van der Waals surface area contributed by atoms with Crippen LogP contribution in [0.15, 0.2) is 16.5 Å². The van der Waals surface area contributed by atoms with Gasteiger partial charge in [0, 0.05) is 12.8 Å². The smallest absolute Gasteiger partial charge is 0.195 e. The number of carbonyl (C=O) groups is 2. The molecule has 0 amide bonds. The second-order valence-corrected chi connectivity index (χ2v) is 3.77. The van der Waals surface area contributed by atoms with Gasteiger partial charge in [-0.1, -0.05) is 0 Å². The highest BCUT2D eigenvalue weighted by Gasteiger charge is 2.13. The van der Waals surface area contributed by atoms with Crippen LogP contribution in [0.4, 0.5) is 0 Å². The minimum Gasteiger partial charge on any atom is -0.507 e. The Balaban J connectivity index is 2.43. The van der Waals surface area contributed by atoms with Gasteiger partial charge in [-0.05, 0) is 19.1 Å². The predicted molar refractivity (Wildman–Crippen MR) is 60.1 cm³/mol. The SMILES string of the molecule is CC(=O)CCc1nc2c(C=O)c(O)ccc2o1. The molecule has 0 fully saturated rings. The molecule has 0 saturated heterocycles. The number of hydrogen-bond acceptors (Lipinski definition) is 5. The molecular formula is C12H11NO4. The maximum Gasteiger partial charge on any atom is 0.195 e. The number of aromatic nitrogens is 1. The second-order valence-electron chi connectivity index (χ2n) is 3.77. The number of carbonyl (C=O) groups excluding carboxylic acids is 2. The molecule has 0 spiro atoms. The van der Waals surface area contributed by atoms with Crippen molar-refractivity contribution in [2.24, 2.45) is 0 Å². The molecule has 0 saturated carbocycles. The third kappa shape index (κ3) is 2.18. The first-order valence-electron chi connectivity index (χ1n) is 5.18. The van der Waals surface area contributed by atoms with Crippen LogP contribution in [0.5, 0.6) is 5.75 Å². The van der Waals surface area contributed by atoms with Gasteiger partial charge < -0.3 is 14.3 Å². The molecule has 0 radical (unpaired) electrons. The number of Topliss-reactive ketones (excluding diaryl/α,β-unsaturated/α-hetero) is 1. The van der Waals surface area contributed by atoms with Crippen molar-refractivity contribution in [1.29, 1.82) is 0 Å². The molecular weight excluding hydrogens is 222 g/mol. The topological polar surface area (TPSA) is 80.4 Å². The van der Waals surface area contributed by atoms with Crippen LogP contribution in [-0.4, -0.2) is 22.2 Å². The van der Waals surface area contributed by atoms with Crippen molar-refractivity contribution in [3.63, 3.8) is 0 Å². The lowest BCUT2D eigenvalue weighted by Gasteiger charge is -1.94. The molecule has 5 nitrogen and oxygen atoms in total. The summed E-state index contributed by atoms with van der Waals surface area (Å²) in [6, 6.07) is 2.92. The van der Waals surface area contributed by atoms with Crippen molar-refractivity contribution < 1.29 is 19.1 Å². The fourth-order valence-electron chi connectivity index (χ4n) is 1.56. The number of aromatic hydroxyl groups is 1. The van der Waals surface area contributed by atoms with Crippen LogP contribution < -0.4 is 0 Å². The number of aldehydes is 1. The number of hydrogen-bond donors (Lipinski definition) is 1. The van der Waals surface area contributed by atoms with E-state index in [1.54, 1.807) is 6.07 Å². The summed E-state index contributed by atoms with van der Waals surface area (Å²) in [6.07, 6.45) is 1.27. The molecule has 5 heteroatoms. The number of fused-ring (bicyclic) bond motifs is 1. The van der Waals surface area contributed by atoms with Gasteiger partial charge >= 0.3 is 0 Å². The summed E-state index contributed by atoms with van der Waals surface area (Å²) in [5, 5.41) is 9.47. The average molecular weight is 233 g/mol. The lowest BCUT2D eigenvalue weighted by Crippen LogP contribution is -1.93. The van der Waals surface area contributed by atoms with Gasteiger partial charge in [-0.2, -0.15) is 0 Å². The third-order valence-corrected chi connectivity index (χ3v) is 2.43. The fraction of sp³-hybridized carbons (Fsp3) is 0.250. The number of aryl methyl sites for hydroxylation is 1. The molecule has 17 heavy (non-hydrogen) atoms. The zero-order chi connectivity index (χ0) is 12.4. The molecule has 1 N–H and O–H groups in total. The average Bonchev–Trinajstić information content (AvgIpc) is 2.69. The van der Waals surface area contributed by atoms with Gasteiger partial charge in [0.1, 0.15) is 17.0 Å². The Morgan fingerprint density at radius 1 is 1.53 bits per heavy atom. The van der Waals surface area contributed by atoms with Crippen molar-refractivity contribution >= 4 is 23.2 Å². The number of phenols is 1. The van der Waals surface area contributed by atoms with Crippen LogP contribution >= 0.6 is 0 Å². The van der Waals surface area contributed by atoms with Crippen LogP contribution in [0.2, 0.25) is 0 Å². The first-order chi connectivity index (χ1) is 8.11. The van der Waals surface area contributed by atoms with Crippen molar-refractivity contribution in [2.45, 2.75) is 19.8 Å². The number of oxazole rings is 1. The Morgan fingerprint density at radius 3 is 2.94 bits per heavy atom. The van der Waals surface area contributed by atoms with Gasteiger partial charge in [-0.3, -0.25) is 4.79 Å². The highest BCUT2D eigenvalue weighted by molar-refractivity contribution is 5.96. The standard InChI is InChI=1S/C12H11NO4/c1-7(15)2-5-11-13-12-8(6-14)9(16)3-4-10(12)17-11/h3-4,6,16H,2,5H2,1H3. The monoisotopic (exact) mass is 233 g/mol. The molecule has 88 valence electrons. The summed E-state index contributed by atoms with van der Waals surface area (Å²) >= 11 is 0. The predicted octanol–water partition coefficient (Wildman–Crippen LogP) is 1.87. The van der Waals surface area contributed by atoms with E-state index in [1.807, 2.05) is 0 Å². The van der Waals surface area contributed by atoms with Crippen LogP contribution in [0.1, 0.15) is 29.6 Å². The van der Waals surface area contributed by atoms with E-state index in [1.165, 1.54) is 13.0 Å². The van der Waals surface area contributed by atoms with E-state index in [2.05, 4.69) is 4.98 Å². The van der Waals surface area contributed by atoms with Crippen LogP contribution in [-0.2, 0) is 11.2 Å². The summed E-state index contributed by atoms with van der Waals surface area (Å²) in [5.74, 6) is 0.313. The molecule has 0 atom stereocenters. The second kappa shape index (κ2) is 4.37. The van der Waals surface area contributed by atoms with Gasteiger partial charge in [0.2, 0.25) is 0 Å². The molecule has 0 aliphatic heterocycles.